The van der Waals surface area contributed by atoms with Crippen molar-refractivity contribution in [2.24, 2.45) is 5.73 Å². The largest absolute Gasteiger partial charge is 0.326 e. The zero-order chi connectivity index (χ0) is 11.5. The van der Waals surface area contributed by atoms with Gasteiger partial charge < -0.3 is 5.73 Å². The van der Waals surface area contributed by atoms with Crippen molar-refractivity contribution in [3.63, 3.8) is 0 Å². The van der Waals surface area contributed by atoms with Gasteiger partial charge in [-0.25, -0.2) is 4.39 Å². The minimum Gasteiger partial charge on any atom is -0.326 e. The van der Waals surface area contributed by atoms with E-state index in [4.69, 9.17) is 10.3 Å². The molecule has 0 saturated carbocycles. The van der Waals surface area contributed by atoms with Gasteiger partial charge in [-0.3, -0.25) is 4.55 Å². The maximum atomic E-state index is 13.1. The highest BCUT2D eigenvalue weighted by Crippen LogP contribution is 2.08. The molecule has 84 valence electrons. The molecule has 1 aromatic carbocycles. The van der Waals surface area contributed by atoms with Gasteiger partial charge in [0.2, 0.25) is 0 Å². The maximum Gasteiger partial charge on any atom is 0.266 e. The Morgan fingerprint density at radius 1 is 1.40 bits per heavy atom. The Hall–Kier alpha value is -0.980. The quantitative estimate of drug-likeness (QED) is 0.745. The highest BCUT2D eigenvalue weighted by atomic mass is 32.2. The van der Waals surface area contributed by atoms with Crippen LogP contribution in [-0.2, 0) is 16.5 Å². The van der Waals surface area contributed by atoms with Crippen molar-refractivity contribution < 1.29 is 17.4 Å². The van der Waals surface area contributed by atoms with E-state index in [9.17, 15) is 12.8 Å². The Kier molecular flexibility index (Phi) is 3.78. The number of hydrogen-bond donors (Lipinski definition) is 2. The van der Waals surface area contributed by atoms with Gasteiger partial charge in [0, 0.05) is 6.04 Å². The summed E-state index contributed by atoms with van der Waals surface area (Å²) in [7, 11) is -4.10. The number of benzene rings is 1. The summed E-state index contributed by atoms with van der Waals surface area (Å²) in [6.07, 6.45) is 0.0759. The van der Waals surface area contributed by atoms with Crippen molar-refractivity contribution in [2.45, 2.75) is 12.5 Å². The van der Waals surface area contributed by atoms with Gasteiger partial charge >= 0.3 is 0 Å². The van der Waals surface area contributed by atoms with Crippen LogP contribution in [0.25, 0.3) is 0 Å². The van der Waals surface area contributed by atoms with Gasteiger partial charge in [-0.15, -0.1) is 0 Å². The lowest BCUT2D eigenvalue weighted by Gasteiger charge is -2.09. The lowest BCUT2D eigenvalue weighted by Crippen LogP contribution is -2.31. The predicted molar refractivity (Wildman–Crippen MR) is 54.5 cm³/mol. The first kappa shape index (κ1) is 12.1. The Balaban J connectivity index is 2.67. The molecule has 0 aliphatic carbocycles. The molecule has 4 nitrogen and oxygen atoms in total. The van der Waals surface area contributed by atoms with Gasteiger partial charge in [-0.1, -0.05) is 18.2 Å². The van der Waals surface area contributed by atoms with Crippen molar-refractivity contribution in [3.8, 4) is 0 Å². The third-order valence-corrected chi connectivity index (χ3v) is 2.71. The minimum atomic E-state index is -4.10. The first-order valence-electron chi connectivity index (χ1n) is 4.32. The van der Waals surface area contributed by atoms with Gasteiger partial charge in [-0.2, -0.15) is 8.42 Å². The summed E-state index contributed by atoms with van der Waals surface area (Å²) in [4.78, 5) is 0. The van der Waals surface area contributed by atoms with E-state index in [0.29, 0.717) is 5.56 Å². The standard InChI is InChI=1S/C9H12FNO3S/c10-9-4-2-1-3-7(9)5-8(11)6-15(12,13)14/h1-4,8H,5-6,11H2,(H,12,13,14)/t8-/m0/s1. The molecule has 0 aromatic heterocycles. The zero-order valence-corrected chi connectivity index (χ0v) is 8.74. The molecule has 0 aliphatic rings. The molecule has 1 atom stereocenters. The van der Waals surface area contributed by atoms with Crippen molar-refractivity contribution >= 4 is 10.1 Å². The lowest BCUT2D eigenvalue weighted by molar-refractivity contribution is 0.475. The van der Waals surface area contributed by atoms with Crippen LogP contribution in [0.4, 0.5) is 4.39 Å². The second-order valence-corrected chi connectivity index (χ2v) is 4.80. The maximum absolute atomic E-state index is 13.1. The van der Waals surface area contributed by atoms with E-state index in [0.717, 1.165) is 0 Å². The molecule has 15 heavy (non-hydrogen) atoms. The van der Waals surface area contributed by atoms with Gasteiger partial charge in [0.15, 0.2) is 0 Å². The van der Waals surface area contributed by atoms with E-state index in [-0.39, 0.29) is 6.42 Å². The van der Waals surface area contributed by atoms with Gasteiger partial charge in [0.1, 0.15) is 5.82 Å². The van der Waals surface area contributed by atoms with Gasteiger partial charge in [0.05, 0.1) is 5.75 Å². The minimum absolute atomic E-state index is 0.0759. The summed E-state index contributed by atoms with van der Waals surface area (Å²) in [6, 6.07) is 5.16. The van der Waals surface area contributed by atoms with E-state index in [2.05, 4.69) is 0 Å². The number of halogens is 1. The molecule has 0 fully saturated rings. The molecule has 0 radical (unpaired) electrons. The Bertz CT molecular complexity index is 433. The van der Waals surface area contributed by atoms with Crippen molar-refractivity contribution in [3.05, 3.63) is 35.6 Å². The van der Waals surface area contributed by atoms with Crippen LogP contribution in [0, 0.1) is 5.82 Å². The smallest absolute Gasteiger partial charge is 0.266 e. The summed E-state index contributed by atoms with van der Waals surface area (Å²) < 4.78 is 42.6. The molecule has 0 aliphatic heterocycles. The SMILES string of the molecule is N[C@@H](Cc1ccccc1F)CS(=O)(=O)O. The fourth-order valence-corrected chi connectivity index (χ4v) is 1.93. The molecule has 0 unspecified atom stereocenters. The van der Waals surface area contributed by atoms with Crippen LogP contribution in [0.5, 0.6) is 0 Å². The Labute approximate surface area is 87.7 Å². The summed E-state index contributed by atoms with van der Waals surface area (Å²) >= 11 is 0. The van der Waals surface area contributed by atoms with Crippen LogP contribution >= 0.6 is 0 Å². The fourth-order valence-electron chi connectivity index (χ4n) is 1.28. The summed E-state index contributed by atoms with van der Waals surface area (Å²) in [5, 5.41) is 0. The third kappa shape index (κ3) is 4.37. The lowest BCUT2D eigenvalue weighted by atomic mass is 10.1. The molecular formula is C9H12FNO3S. The molecule has 0 spiro atoms. The summed E-state index contributed by atoms with van der Waals surface area (Å²) in [5.41, 5.74) is 5.80. The van der Waals surface area contributed by atoms with Crippen molar-refractivity contribution in [1.29, 1.82) is 0 Å². The summed E-state index contributed by atoms with van der Waals surface area (Å²) in [5.74, 6) is -0.996. The second-order valence-electron chi connectivity index (χ2n) is 3.30. The molecule has 3 N–H and O–H groups in total. The van der Waals surface area contributed by atoms with E-state index in [1.807, 2.05) is 0 Å². The monoisotopic (exact) mass is 233 g/mol. The van der Waals surface area contributed by atoms with Crippen LogP contribution < -0.4 is 5.73 Å². The molecule has 0 bridgehead atoms. The number of nitrogens with two attached hydrogens (primary N) is 1. The van der Waals surface area contributed by atoms with E-state index in [1.165, 1.54) is 18.2 Å². The molecular weight excluding hydrogens is 221 g/mol. The van der Waals surface area contributed by atoms with Crippen LogP contribution in [0.2, 0.25) is 0 Å². The van der Waals surface area contributed by atoms with Crippen molar-refractivity contribution in [2.75, 3.05) is 5.75 Å². The number of hydrogen-bond acceptors (Lipinski definition) is 3. The van der Waals surface area contributed by atoms with E-state index in [1.54, 1.807) is 6.07 Å². The average molecular weight is 233 g/mol. The molecule has 1 rings (SSSR count). The molecule has 6 heteroatoms. The Morgan fingerprint density at radius 3 is 2.53 bits per heavy atom. The van der Waals surface area contributed by atoms with Crippen LogP contribution in [0.15, 0.2) is 24.3 Å². The molecule has 0 amide bonds. The third-order valence-electron chi connectivity index (χ3n) is 1.86. The highest BCUT2D eigenvalue weighted by molar-refractivity contribution is 7.85. The molecule has 0 heterocycles. The van der Waals surface area contributed by atoms with Crippen LogP contribution in [0.3, 0.4) is 0 Å². The van der Waals surface area contributed by atoms with Gasteiger partial charge in [-0.05, 0) is 18.1 Å². The normalized spacial score (nSPS) is 13.8. The Morgan fingerprint density at radius 2 is 2.00 bits per heavy atom. The summed E-state index contributed by atoms with van der Waals surface area (Å²) in [6.45, 7) is 0. The fraction of sp³-hybridized carbons (Fsp3) is 0.333. The van der Waals surface area contributed by atoms with E-state index >= 15 is 0 Å². The first-order valence-corrected chi connectivity index (χ1v) is 5.93. The zero-order valence-electron chi connectivity index (χ0n) is 7.93. The van der Waals surface area contributed by atoms with Crippen LogP contribution in [-0.4, -0.2) is 24.8 Å². The van der Waals surface area contributed by atoms with Crippen LogP contribution in [0.1, 0.15) is 5.56 Å². The topological polar surface area (TPSA) is 80.4 Å². The van der Waals surface area contributed by atoms with Crippen molar-refractivity contribution in [1.82, 2.24) is 0 Å². The first-order chi connectivity index (χ1) is 6.88. The molecule has 1 aromatic rings. The number of rotatable bonds is 4. The highest BCUT2D eigenvalue weighted by Gasteiger charge is 2.14. The average Bonchev–Trinajstić information content (AvgIpc) is 2.05. The predicted octanol–water partition coefficient (Wildman–Crippen LogP) is 0.583. The van der Waals surface area contributed by atoms with Gasteiger partial charge in [0.25, 0.3) is 10.1 Å². The molecule has 0 saturated heterocycles. The second kappa shape index (κ2) is 4.69. The van der Waals surface area contributed by atoms with E-state index < -0.39 is 27.7 Å².